The van der Waals surface area contributed by atoms with Gasteiger partial charge in [0.2, 0.25) is 0 Å². The fourth-order valence-electron chi connectivity index (χ4n) is 2.96. The van der Waals surface area contributed by atoms with Gasteiger partial charge in [0.05, 0.1) is 18.3 Å². The van der Waals surface area contributed by atoms with Gasteiger partial charge in [0.25, 0.3) is 5.91 Å². The predicted molar refractivity (Wildman–Crippen MR) is 94.2 cm³/mol. The molecule has 1 aliphatic rings. The summed E-state index contributed by atoms with van der Waals surface area (Å²) < 4.78 is 38.0. The van der Waals surface area contributed by atoms with Crippen molar-refractivity contribution in [2.45, 2.75) is 19.0 Å². The molecule has 0 saturated heterocycles. The number of hydrogen-bond donors (Lipinski definition) is 1. The molecule has 1 amide bonds. The van der Waals surface area contributed by atoms with Crippen LogP contribution in [-0.4, -0.2) is 25.2 Å². The van der Waals surface area contributed by atoms with E-state index in [1.54, 1.807) is 0 Å². The van der Waals surface area contributed by atoms with Crippen molar-refractivity contribution in [1.82, 2.24) is 5.43 Å². The number of halogens is 3. The molecule has 0 unspecified atom stereocenters. The number of anilines is 1. The third-order valence-corrected chi connectivity index (χ3v) is 4.16. The first-order chi connectivity index (χ1) is 12.4. The summed E-state index contributed by atoms with van der Waals surface area (Å²) in [6.07, 6.45) is -1.24. The van der Waals surface area contributed by atoms with Crippen molar-refractivity contribution in [2.75, 3.05) is 18.0 Å². The summed E-state index contributed by atoms with van der Waals surface area (Å²) in [5, 5.41) is 3.77. The Bertz CT molecular complexity index is 818. The summed E-state index contributed by atoms with van der Waals surface area (Å²) in [5.41, 5.74) is 4.14. The lowest BCUT2D eigenvalue weighted by Gasteiger charge is -2.30. The third kappa shape index (κ3) is 4.41. The van der Waals surface area contributed by atoms with E-state index in [2.05, 4.69) is 10.5 Å². The number of carbonyl (C=O) groups excluding carboxylic acids is 1. The monoisotopic (exact) mass is 361 g/mol. The molecule has 2 aromatic rings. The SMILES string of the molecule is O=C(CN1CCCc2ccccc21)NN=Cc1cccc(C(F)(F)F)c1. The first kappa shape index (κ1) is 18.0. The van der Waals surface area contributed by atoms with Gasteiger partial charge in [0, 0.05) is 12.2 Å². The zero-order valence-corrected chi connectivity index (χ0v) is 14.0. The molecule has 0 fully saturated rings. The van der Waals surface area contributed by atoms with Gasteiger partial charge in [0.15, 0.2) is 0 Å². The molecule has 0 bridgehead atoms. The van der Waals surface area contributed by atoms with Crippen molar-refractivity contribution in [1.29, 1.82) is 0 Å². The van der Waals surface area contributed by atoms with E-state index in [9.17, 15) is 18.0 Å². The Balaban J connectivity index is 1.59. The molecule has 0 atom stereocenters. The molecule has 2 aromatic carbocycles. The summed E-state index contributed by atoms with van der Waals surface area (Å²) in [4.78, 5) is 14.1. The minimum Gasteiger partial charge on any atom is -0.362 e. The second-order valence-corrected chi connectivity index (χ2v) is 6.07. The normalized spacial score (nSPS) is 14.3. The fraction of sp³-hybridized carbons (Fsp3) is 0.263. The van der Waals surface area contributed by atoms with E-state index in [0.29, 0.717) is 0 Å². The Morgan fingerprint density at radius 2 is 2.00 bits per heavy atom. The summed E-state index contributed by atoms with van der Waals surface area (Å²) in [7, 11) is 0. The van der Waals surface area contributed by atoms with E-state index < -0.39 is 11.7 Å². The summed E-state index contributed by atoms with van der Waals surface area (Å²) in [6, 6.07) is 12.7. The summed E-state index contributed by atoms with van der Waals surface area (Å²) in [5.74, 6) is -0.315. The molecule has 1 heterocycles. The molecule has 1 N–H and O–H groups in total. The van der Waals surface area contributed by atoms with E-state index in [1.807, 2.05) is 29.2 Å². The van der Waals surface area contributed by atoms with Gasteiger partial charge in [-0.1, -0.05) is 30.3 Å². The molecule has 7 heteroatoms. The number of hydrogen-bond acceptors (Lipinski definition) is 3. The van der Waals surface area contributed by atoms with Crippen LogP contribution in [-0.2, 0) is 17.4 Å². The Morgan fingerprint density at radius 3 is 2.81 bits per heavy atom. The lowest BCUT2D eigenvalue weighted by atomic mass is 10.0. The molecule has 4 nitrogen and oxygen atoms in total. The van der Waals surface area contributed by atoms with E-state index in [0.717, 1.165) is 37.2 Å². The van der Waals surface area contributed by atoms with Crippen molar-refractivity contribution in [3.05, 3.63) is 65.2 Å². The molecular weight excluding hydrogens is 343 g/mol. The van der Waals surface area contributed by atoms with Crippen molar-refractivity contribution < 1.29 is 18.0 Å². The molecule has 26 heavy (non-hydrogen) atoms. The van der Waals surface area contributed by atoms with E-state index in [4.69, 9.17) is 0 Å². The Morgan fingerprint density at radius 1 is 1.19 bits per heavy atom. The first-order valence-electron chi connectivity index (χ1n) is 8.25. The van der Waals surface area contributed by atoms with Crippen molar-refractivity contribution >= 4 is 17.8 Å². The maximum absolute atomic E-state index is 12.7. The number of alkyl halides is 3. The smallest absolute Gasteiger partial charge is 0.362 e. The van der Waals surface area contributed by atoms with Gasteiger partial charge < -0.3 is 4.90 Å². The molecule has 136 valence electrons. The molecule has 0 radical (unpaired) electrons. The Labute approximate surface area is 149 Å². The largest absolute Gasteiger partial charge is 0.416 e. The van der Waals surface area contributed by atoms with Crippen LogP contribution in [0.25, 0.3) is 0 Å². The van der Waals surface area contributed by atoms with Crippen LogP contribution in [0, 0.1) is 0 Å². The highest BCUT2D eigenvalue weighted by Gasteiger charge is 2.30. The summed E-state index contributed by atoms with van der Waals surface area (Å²) in [6.45, 7) is 0.929. The quantitative estimate of drug-likeness (QED) is 0.668. The van der Waals surface area contributed by atoms with Crippen molar-refractivity contribution in [3.8, 4) is 0 Å². The number of carbonyl (C=O) groups is 1. The second-order valence-electron chi connectivity index (χ2n) is 6.07. The van der Waals surface area contributed by atoms with Crippen molar-refractivity contribution in [2.24, 2.45) is 5.10 Å². The molecule has 0 aliphatic carbocycles. The number of amides is 1. The topological polar surface area (TPSA) is 44.7 Å². The van der Waals surface area contributed by atoms with Crippen LogP contribution in [0.1, 0.15) is 23.1 Å². The van der Waals surface area contributed by atoms with E-state index in [-0.39, 0.29) is 18.0 Å². The van der Waals surface area contributed by atoms with Crippen LogP contribution in [0.15, 0.2) is 53.6 Å². The zero-order chi connectivity index (χ0) is 18.6. The zero-order valence-electron chi connectivity index (χ0n) is 14.0. The van der Waals surface area contributed by atoms with Crippen LogP contribution in [0.3, 0.4) is 0 Å². The number of benzene rings is 2. The maximum atomic E-state index is 12.7. The van der Waals surface area contributed by atoms with Gasteiger partial charge in [0.1, 0.15) is 0 Å². The second kappa shape index (κ2) is 7.59. The number of fused-ring (bicyclic) bond motifs is 1. The van der Waals surface area contributed by atoms with Crippen LogP contribution in [0.4, 0.5) is 18.9 Å². The number of hydrazone groups is 1. The average Bonchev–Trinajstić information content (AvgIpc) is 2.62. The van der Waals surface area contributed by atoms with Crippen LogP contribution >= 0.6 is 0 Å². The standard InChI is InChI=1S/C19H18F3N3O/c20-19(21,22)16-8-3-5-14(11-16)12-23-24-18(26)13-25-10-4-7-15-6-1-2-9-17(15)25/h1-3,5-6,8-9,11-12H,4,7,10,13H2,(H,24,26). The lowest BCUT2D eigenvalue weighted by Crippen LogP contribution is -2.38. The Hall–Kier alpha value is -2.83. The van der Waals surface area contributed by atoms with E-state index >= 15 is 0 Å². The van der Waals surface area contributed by atoms with Crippen molar-refractivity contribution in [3.63, 3.8) is 0 Å². The van der Waals surface area contributed by atoms with Crippen LogP contribution < -0.4 is 10.3 Å². The maximum Gasteiger partial charge on any atom is 0.416 e. The highest BCUT2D eigenvalue weighted by atomic mass is 19.4. The highest BCUT2D eigenvalue weighted by molar-refractivity contribution is 5.85. The van der Waals surface area contributed by atoms with Gasteiger partial charge in [-0.05, 0) is 42.2 Å². The number of rotatable bonds is 4. The molecule has 0 saturated carbocycles. The average molecular weight is 361 g/mol. The number of aryl methyl sites for hydroxylation is 1. The molecule has 3 rings (SSSR count). The van der Waals surface area contributed by atoms with Crippen LogP contribution in [0.5, 0.6) is 0 Å². The van der Waals surface area contributed by atoms with Crippen LogP contribution in [0.2, 0.25) is 0 Å². The predicted octanol–water partition coefficient (Wildman–Crippen LogP) is 3.61. The summed E-state index contributed by atoms with van der Waals surface area (Å²) >= 11 is 0. The number of nitrogens with zero attached hydrogens (tertiary/aromatic N) is 2. The number of nitrogens with one attached hydrogen (secondary N) is 1. The highest BCUT2D eigenvalue weighted by Crippen LogP contribution is 2.29. The van der Waals surface area contributed by atoms with E-state index in [1.165, 1.54) is 23.9 Å². The number of para-hydroxylation sites is 1. The third-order valence-electron chi connectivity index (χ3n) is 4.16. The molecule has 1 aliphatic heterocycles. The van der Waals surface area contributed by atoms with Gasteiger partial charge in [-0.2, -0.15) is 18.3 Å². The Kier molecular flexibility index (Phi) is 5.25. The fourth-order valence-corrected chi connectivity index (χ4v) is 2.96. The lowest BCUT2D eigenvalue weighted by molar-refractivity contribution is -0.137. The first-order valence-corrected chi connectivity index (χ1v) is 8.25. The minimum absolute atomic E-state index is 0.150. The minimum atomic E-state index is -4.41. The van der Waals surface area contributed by atoms with Gasteiger partial charge in [-0.15, -0.1) is 0 Å². The molecular formula is C19H18F3N3O. The molecule has 0 spiro atoms. The molecule has 0 aromatic heterocycles. The van der Waals surface area contributed by atoms with Gasteiger partial charge in [-0.3, -0.25) is 4.79 Å². The van der Waals surface area contributed by atoms with Gasteiger partial charge >= 0.3 is 6.18 Å². The van der Waals surface area contributed by atoms with Gasteiger partial charge in [-0.25, -0.2) is 5.43 Å².